The number of hydrogen-bond donors (Lipinski definition) is 1. The Morgan fingerprint density at radius 2 is 1.86 bits per heavy atom. The number of aromatic nitrogens is 1. The molecule has 1 saturated heterocycles. The van der Waals surface area contributed by atoms with Crippen LogP contribution in [-0.4, -0.2) is 84.7 Å². The number of methoxy groups -OCH3 is 1. The first kappa shape index (κ1) is 41.8. The largest absolute Gasteiger partial charge is 0.497 e. The van der Waals surface area contributed by atoms with E-state index in [1.165, 1.54) is 18.2 Å². The minimum atomic E-state index is -4.35. The lowest BCUT2D eigenvalue weighted by Crippen LogP contribution is -2.48. The van der Waals surface area contributed by atoms with Gasteiger partial charge in [-0.3, -0.25) is 23.9 Å². The van der Waals surface area contributed by atoms with Crippen LogP contribution in [0.1, 0.15) is 92.4 Å². The summed E-state index contributed by atoms with van der Waals surface area (Å²) in [4.78, 5) is 62.6. The highest BCUT2D eigenvalue weighted by atomic mass is 35.5. The Hall–Kier alpha value is -3.78. The lowest BCUT2D eigenvalue weighted by molar-refractivity contribution is -0.160. The summed E-state index contributed by atoms with van der Waals surface area (Å²) in [6.45, 7) is 8.18. The van der Waals surface area contributed by atoms with Crippen LogP contribution in [0.2, 0.25) is 5.15 Å². The Morgan fingerprint density at radius 1 is 1.12 bits per heavy atom. The van der Waals surface area contributed by atoms with Crippen molar-refractivity contribution in [1.29, 1.82) is 0 Å². The molecule has 3 heterocycles. The number of pyridine rings is 1. The maximum absolute atomic E-state index is 14.9. The summed E-state index contributed by atoms with van der Waals surface area (Å²) in [6, 6.07) is 4.20. The molecule has 1 N–H and O–H groups in total. The van der Waals surface area contributed by atoms with Crippen molar-refractivity contribution in [2.75, 3.05) is 20.3 Å². The van der Waals surface area contributed by atoms with Gasteiger partial charge in [-0.2, -0.15) is 0 Å². The Bertz CT molecular complexity index is 2020. The third-order valence-electron chi connectivity index (χ3n) is 11.9. The first-order valence-corrected chi connectivity index (χ1v) is 21.3. The van der Waals surface area contributed by atoms with E-state index in [-0.39, 0.29) is 62.1 Å². The van der Waals surface area contributed by atoms with Gasteiger partial charge >= 0.3 is 5.97 Å². The van der Waals surface area contributed by atoms with Crippen LogP contribution < -0.4 is 14.2 Å². The molecular formula is C41H53ClFN3O9S. The fourth-order valence-corrected chi connectivity index (χ4v) is 10.0. The van der Waals surface area contributed by atoms with Gasteiger partial charge in [-0.25, -0.2) is 17.8 Å². The van der Waals surface area contributed by atoms with Crippen molar-refractivity contribution in [2.45, 2.75) is 115 Å². The van der Waals surface area contributed by atoms with Gasteiger partial charge in [0, 0.05) is 23.6 Å². The van der Waals surface area contributed by atoms with Gasteiger partial charge < -0.3 is 19.1 Å². The van der Waals surface area contributed by atoms with Gasteiger partial charge in [-0.15, -0.1) is 0 Å². The first-order chi connectivity index (χ1) is 26.3. The normalized spacial score (nSPS) is 30.0. The van der Waals surface area contributed by atoms with Gasteiger partial charge in [0.05, 0.1) is 43.6 Å². The Morgan fingerprint density at radius 3 is 2.52 bits per heavy atom. The fraction of sp³-hybridized carbons (Fsp3) is 0.634. The molecule has 4 aliphatic rings. The summed E-state index contributed by atoms with van der Waals surface area (Å²) in [7, 11) is -2.81. The standard InChI is InChI=1S/C41H53ClFN3O9S/c1-24-9-7-8-10-26-19-41(26,38(50)45-56(51,52)40(23-43)13-14-40)20-33(47)32-17-28(54-34-21-44-36(42)29-12-11-27(53-6)16-31(29)34)22-46(32)37(49)30(25(2)15-24)18-35(48)55-39(3,4)5/h8,10-12,16,21,24-26,28,30,32H,7,9,13-15,17-20,22-23H2,1-6H3,(H,45,50)/b10-8-/t24-,25-,26-,28-,30+,32+,41-/m1/s1. The zero-order chi connectivity index (χ0) is 40.8. The van der Waals surface area contributed by atoms with Crippen molar-refractivity contribution in [3.63, 3.8) is 0 Å². The van der Waals surface area contributed by atoms with Crippen molar-refractivity contribution in [2.24, 2.45) is 29.1 Å². The van der Waals surface area contributed by atoms with Crippen LogP contribution in [0.5, 0.6) is 11.5 Å². The first-order valence-electron chi connectivity index (χ1n) is 19.5. The molecular weight excluding hydrogens is 765 g/mol. The SMILES string of the molecule is COc1ccc2c(Cl)ncc(O[C@@H]3C[C@H]4C(=O)C[C@]5(C(=O)NS(=O)(=O)C6(CF)CC6)C[C@H]5/C=C\CC[C@@H](C)C[C@@H](C)[C@H](CC(=O)OC(C)(C)C)C(=O)N4C3)c2c1. The molecule has 0 unspecified atom stereocenters. The number of ketones is 1. The Kier molecular flexibility index (Phi) is 11.9. The zero-order valence-corrected chi connectivity index (χ0v) is 34.5. The van der Waals surface area contributed by atoms with E-state index < -0.39 is 80.0 Å². The molecule has 2 aliphatic carbocycles. The second-order valence-corrected chi connectivity index (χ2v) is 19.8. The molecule has 0 bridgehead atoms. The second kappa shape index (κ2) is 15.9. The molecule has 1 aromatic carbocycles. The molecule has 0 radical (unpaired) electrons. The number of allylic oxidation sites excluding steroid dienone is 2. The third-order valence-corrected chi connectivity index (χ3v) is 14.3. The van der Waals surface area contributed by atoms with E-state index in [9.17, 15) is 32.0 Å². The minimum Gasteiger partial charge on any atom is -0.497 e. The van der Waals surface area contributed by atoms with Crippen LogP contribution in [0, 0.1) is 29.1 Å². The number of esters is 1. The Balaban J connectivity index is 1.36. The third kappa shape index (κ3) is 8.71. The number of carbonyl (C=O) groups excluding carboxylic acids is 4. The second-order valence-electron chi connectivity index (χ2n) is 17.4. The highest BCUT2D eigenvalue weighted by molar-refractivity contribution is 7.91. The van der Waals surface area contributed by atoms with E-state index in [4.69, 9.17) is 25.8 Å². The van der Waals surface area contributed by atoms with Gasteiger partial charge in [-0.05, 0) is 95.2 Å². The van der Waals surface area contributed by atoms with E-state index in [2.05, 4.69) is 16.6 Å². The predicted octanol–water partition coefficient (Wildman–Crippen LogP) is 6.52. The zero-order valence-electron chi connectivity index (χ0n) is 32.9. The van der Waals surface area contributed by atoms with Crippen LogP contribution in [0.4, 0.5) is 4.39 Å². The molecule has 2 saturated carbocycles. The maximum Gasteiger partial charge on any atom is 0.307 e. The van der Waals surface area contributed by atoms with Gasteiger partial charge in [0.15, 0.2) is 5.78 Å². The fourth-order valence-electron chi connectivity index (χ4n) is 8.36. The van der Waals surface area contributed by atoms with Crippen molar-refractivity contribution in [3.05, 3.63) is 41.7 Å². The van der Waals surface area contributed by atoms with E-state index >= 15 is 0 Å². The number of rotatable bonds is 9. The molecule has 6 rings (SSSR count). The maximum atomic E-state index is 14.9. The highest BCUT2D eigenvalue weighted by Crippen LogP contribution is 2.58. The summed E-state index contributed by atoms with van der Waals surface area (Å²) >= 11 is 6.42. The number of sulfonamides is 1. The molecule has 15 heteroatoms. The highest BCUT2D eigenvalue weighted by Gasteiger charge is 2.63. The van der Waals surface area contributed by atoms with Crippen molar-refractivity contribution < 1.29 is 46.2 Å². The number of hydrogen-bond acceptors (Lipinski definition) is 10. The number of alkyl halides is 1. The van der Waals surface area contributed by atoms with Crippen LogP contribution >= 0.6 is 11.6 Å². The number of amides is 2. The molecule has 2 amide bonds. The molecule has 2 aromatic rings. The van der Waals surface area contributed by atoms with Gasteiger partial charge in [0.25, 0.3) is 0 Å². The molecule has 306 valence electrons. The molecule has 7 atom stereocenters. The number of halogens is 2. The molecule has 2 aliphatic heterocycles. The van der Waals surface area contributed by atoms with Crippen molar-refractivity contribution in [1.82, 2.24) is 14.6 Å². The predicted molar refractivity (Wildman–Crippen MR) is 208 cm³/mol. The average molecular weight is 818 g/mol. The monoisotopic (exact) mass is 817 g/mol. The number of benzene rings is 1. The van der Waals surface area contributed by atoms with E-state index in [0.29, 0.717) is 35.1 Å². The topological polar surface area (TPSA) is 158 Å². The minimum absolute atomic E-state index is 0.00759. The number of nitrogens with zero attached hydrogens (tertiary/aromatic N) is 2. The van der Waals surface area contributed by atoms with Crippen LogP contribution in [0.15, 0.2) is 36.5 Å². The smallest absolute Gasteiger partial charge is 0.307 e. The van der Waals surface area contributed by atoms with Gasteiger partial charge in [0.2, 0.25) is 21.8 Å². The van der Waals surface area contributed by atoms with Crippen LogP contribution in [0.3, 0.4) is 0 Å². The summed E-state index contributed by atoms with van der Waals surface area (Å²) in [5.41, 5.74) is -2.18. The van der Waals surface area contributed by atoms with Crippen LogP contribution in [-0.2, 0) is 33.9 Å². The average Bonchev–Trinajstić information content (AvgIpc) is 4.03. The quantitative estimate of drug-likeness (QED) is 0.168. The molecule has 1 aromatic heterocycles. The number of nitrogens with one attached hydrogen (secondary N) is 1. The van der Waals surface area contributed by atoms with E-state index in [1.54, 1.807) is 39.0 Å². The molecule has 12 nitrogen and oxygen atoms in total. The lowest BCUT2D eigenvalue weighted by atomic mass is 9.82. The molecule has 3 fully saturated rings. The Labute approximate surface area is 333 Å². The summed E-state index contributed by atoms with van der Waals surface area (Å²) in [5, 5.41) is 1.48. The number of ether oxygens (including phenoxy) is 3. The van der Waals surface area contributed by atoms with Crippen molar-refractivity contribution >= 4 is 56.0 Å². The summed E-state index contributed by atoms with van der Waals surface area (Å²) in [5.74, 6) is -2.64. The van der Waals surface area contributed by atoms with Crippen molar-refractivity contribution in [3.8, 4) is 11.5 Å². The molecule has 56 heavy (non-hydrogen) atoms. The summed E-state index contributed by atoms with van der Waals surface area (Å²) in [6.07, 6.45) is 6.61. The van der Waals surface area contributed by atoms with Gasteiger partial charge in [0.1, 0.15) is 39.8 Å². The number of carbonyl (C=O) groups is 4. The summed E-state index contributed by atoms with van der Waals surface area (Å²) < 4.78 is 58.4. The number of Topliss-reactive ketones (excluding diaryl/α,β-unsaturated/α-hetero) is 1. The van der Waals surface area contributed by atoms with E-state index in [0.717, 1.165) is 6.42 Å². The van der Waals surface area contributed by atoms with Gasteiger partial charge in [-0.1, -0.05) is 37.6 Å². The van der Waals surface area contributed by atoms with Crippen LogP contribution in [0.25, 0.3) is 10.8 Å². The van der Waals surface area contributed by atoms with E-state index in [1.807, 2.05) is 19.1 Å². The lowest BCUT2D eigenvalue weighted by Gasteiger charge is -2.32. The number of fused-ring (bicyclic) bond motifs is 3. The molecule has 0 spiro atoms.